The van der Waals surface area contributed by atoms with Crippen LogP contribution in [-0.4, -0.2) is 39.5 Å². The maximum atomic E-state index is 12.2. The molecule has 1 unspecified atom stereocenters. The Balaban J connectivity index is 2.29. The molecule has 0 aromatic heterocycles. The molecule has 1 aromatic rings. The monoisotopic (exact) mass is 280 g/mol. The van der Waals surface area contributed by atoms with Crippen LogP contribution < -0.4 is 16.1 Å². The molecule has 0 radical (unpaired) electrons. The molecule has 8 heteroatoms. The van der Waals surface area contributed by atoms with Gasteiger partial charge in [0, 0.05) is 0 Å². The van der Waals surface area contributed by atoms with Crippen molar-refractivity contribution in [2.75, 3.05) is 5.75 Å². The van der Waals surface area contributed by atoms with E-state index in [4.69, 9.17) is 0 Å². The molecule has 1 saturated heterocycles. The topological polar surface area (TPSA) is 92.3 Å². The molecule has 6 nitrogen and oxygen atoms in total. The number of imide groups is 1. The largest absolute Gasteiger partial charge is 0.322 e. The molecule has 0 spiro atoms. The molecule has 1 heterocycles. The van der Waals surface area contributed by atoms with Gasteiger partial charge in [0.25, 0.3) is 5.91 Å². The Labute approximate surface area is 111 Å². The summed E-state index contributed by atoms with van der Waals surface area (Å²) < 4.78 is 24.5. The van der Waals surface area contributed by atoms with Gasteiger partial charge in [-0.2, -0.15) is 0 Å². The number of hydrogen-bond acceptors (Lipinski definition) is 4. The molecule has 1 atom stereocenters. The fraction of sp³-hybridized carbons (Fsp3) is 0.273. The Bertz CT molecular complexity index is 641. The zero-order chi connectivity index (χ0) is 14.3. The van der Waals surface area contributed by atoms with Gasteiger partial charge in [0.1, 0.15) is 13.4 Å². The highest BCUT2D eigenvalue weighted by atomic mass is 32.2. The Kier molecular flexibility index (Phi) is 3.13. The van der Waals surface area contributed by atoms with Crippen LogP contribution in [0.15, 0.2) is 29.2 Å². The molecular formula is C11H13BN2O4S. The molecule has 1 fully saturated rings. The minimum Gasteiger partial charge on any atom is -0.322 e. The Hall–Kier alpha value is -1.83. The summed E-state index contributed by atoms with van der Waals surface area (Å²) in [6, 6.07) is 5.67. The summed E-state index contributed by atoms with van der Waals surface area (Å²) in [4.78, 5) is 22.8. The number of nitrogens with one attached hydrogen (secondary N) is 2. The van der Waals surface area contributed by atoms with E-state index in [1.54, 1.807) is 12.1 Å². The van der Waals surface area contributed by atoms with E-state index in [1.807, 2.05) is 13.2 Å². The van der Waals surface area contributed by atoms with Crippen molar-refractivity contribution in [1.82, 2.24) is 10.6 Å². The minimum atomic E-state index is -3.65. The summed E-state index contributed by atoms with van der Waals surface area (Å²) in [7, 11) is -1.80. The average Bonchev–Trinajstić information content (AvgIpc) is 2.51. The SMILES string of the molecule is Bc1ccc(S(=O)(=O)CC2(C)NC(=O)NC2=O)cc1. The molecule has 19 heavy (non-hydrogen) atoms. The molecule has 1 aliphatic rings. The van der Waals surface area contributed by atoms with Crippen molar-refractivity contribution in [2.24, 2.45) is 0 Å². The van der Waals surface area contributed by atoms with Crippen LogP contribution in [-0.2, 0) is 14.6 Å². The maximum absolute atomic E-state index is 12.2. The van der Waals surface area contributed by atoms with Gasteiger partial charge in [-0.3, -0.25) is 10.1 Å². The van der Waals surface area contributed by atoms with Gasteiger partial charge in [-0.1, -0.05) is 17.6 Å². The number of amides is 3. The first kappa shape index (κ1) is 13.6. The van der Waals surface area contributed by atoms with Crippen LogP contribution in [0.2, 0.25) is 0 Å². The third-order valence-corrected chi connectivity index (χ3v) is 4.92. The molecular weight excluding hydrogens is 267 g/mol. The second-order valence-electron chi connectivity index (χ2n) is 4.81. The van der Waals surface area contributed by atoms with Crippen molar-refractivity contribution in [3.8, 4) is 0 Å². The Morgan fingerprint density at radius 3 is 2.26 bits per heavy atom. The molecule has 1 aliphatic heterocycles. The summed E-state index contributed by atoms with van der Waals surface area (Å²) in [5.74, 6) is -1.10. The van der Waals surface area contributed by atoms with Gasteiger partial charge in [-0.15, -0.1) is 0 Å². The van der Waals surface area contributed by atoms with Crippen LogP contribution in [0.25, 0.3) is 0 Å². The highest BCUT2D eigenvalue weighted by molar-refractivity contribution is 7.91. The predicted octanol–water partition coefficient (Wildman–Crippen LogP) is -1.68. The molecule has 0 bridgehead atoms. The molecule has 100 valence electrons. The lowest BCUT2D eigenvalue weighted by Crippen LogP contribution is -2.49. The third-order valence-electron chi connectivity index (χ3n) is 2.98. The lowest BCUT2D eigenvalue weighted by Gasteiger charge is -2.20. The summed E-state index contributed by atoms with van der Waals surface area (Å²) in [6.45, 7) is 1.39. The summed E-state index contributed by atoms with van der Waals surface area (Å²) in [5, 5.41) is 4.38. The average molecular weight is 280 g/mol. The summed E-state index contributed by atoms with van der Waals surface area (Å²) >= 11 is 0. The lowest BCUT2D eigenvalue weighted by molar-refractivity contribution is -0.122. The number of hydrogen-bond donors (Lipinski definition) is 2. The van der Waals surface area contributed by atoms with E-state index in [-0.39, 0.29) is 4.90 Å². The van der Waals surface area contributed by atoms with Crippen molar-refractivity contribution in [3.05, 3.63) is 24.3 Å². The van der Waals surface area contributed by atoms with Crippen molar-refractivity contribution in [1.29, 1.82) is 0 Å². The fourth-order valence-corrected chi connectivity index (χ4v) is 3.57. The second kappa shape index (κ2) is 4.38. The number of rotatable bonds is 3. The van der Waals surface area contributed by atoms with Gasteiger partial charge in [-0.25, -0.2) is 13.2 Å². The first-order valence-electron chi connectivity index (χ1n) is 5.66. The number of benzene rings is 1. The lowest BCUT2D eigenvalue weighted by atomic mass is 9.97. The van der Waals surface area contributed by atoms with Crippen LogP contribution in [0.4, 0.5) is 4.79 Å². The van der Waals surface area contributed by atoms with Gasteiger partial charge in [-0.05, 0) is 19.1 Å². The standard InChI is InChI=1S/C11H13BN2O4S/c1-11(9(15)13-10(16)14-11)6-19(17,18)8-4-2-7(12)3-5-8/h2-5H,6,12H2,1H3,(H2,13,14,15,16). The molecule has 0 saturated carbocycles. The molecule has 2 rings (SSSR count). The molecule has 3 amide bonds. The van der Waals surface area contributed by atoms with Gasteiger partial charge in [0.2, 0.25) is 0 Å². The van der Waals surface area contributed by atoms with Crippen LogP contribution in [0.3, 0.4) is 0 Å². The molecule has 0 aliphatic carbocycles. The third kappa shape index (κ3) is 2.63. The van der Waals surface area contributed by atoms with E-state index in [1.165, 1.54) is 19.1 Å². The first-order chi connectivity index (χ1) is 8.73. The minimum absolute atomic E-state index is 0.133. The van der Waals surface area contributed by atoms with E-state index >= 15 is 0 Å². The quantitative estimate of drug-likeness (QED) is 0.511. The highest BCUT2D eigenvalue weighted by Crippen LogP contribution is 2.18. The maximum Gasteiger partial charge on any atom is 0.322 e. The number of carbonyl (C=O) groups excluding carboxylic acids is 2. The van der Waals surface area contributed by atoms with E-state index in [9.17, 15) is 18.0 Å². The Morgan fingerprint density at radius 1 is 1.21 bits per heavy atom. The van der Waals surface area contributed by atoms with E-state index < -0.39 is 33.1 Å². The molecule has 2 N–H and O–H groups in total. The van der Waals surface area contributed by atoms with Crippen LogP contribution >= 0.6 is 0 Å². The van der Waals surface area contributed by atoms with Gasteiger partial charge < -0.3 is 5.32 Å². The highest BCUT2D eigenvalue weighted by Gasteiger charge is 2.45. The number of sulfone groups is 1. The van der Waals surface area contributed by atoms with E-state index in [2.05, 4.69) is 5.32 Å². The van der Waals surface area contributed by atoms with Crippen molar-refractivity contribution >= 4 is 35.1 Å². The van der Waals surface area contributed by atoms with Crippen LogP contribution in [0, 0.1) is 0 Å². The number of carbonyl (C=O) groups is 2. The first-order valence-corrected chi connectivity index (χ1v) is 7.31. The second-order valence-corrected chi connectivity index (χ2v) is 6.80. The van der Waals surface area contributed by atoms with Crippen LogP contribution in [0.1, 0.15) is 6.92 Å². The van der Waals surface area contributed by atoms with Crippen LogP contribution in [0.5, 0.6) is 0 Å². The van der Waals surface area contributed by atoms with E-state index in [0.29, 0.717) is 0 Å². The summed E-state index contributed by atoms with van der Waals surface area (Å²) in [6.07, 6.45) is 0. The smallest absolute Gasteiger partial charge is 0.322 e. The summed E-state index contributed by atoms with van der Waals surface area (Å²) in [5.41, 5.74) is -0.488. The zero-order valence-corrected chi connectivity index (χ0v) is 11.4. The normalized spacial score (nSPS) is 23.0. The van der Waals surface area contributed by atoms with Gasteiger partial charge in [0.05, 0.1) is 10.6 Å². The van der Waals surface area contributed by atoms with Gasteiger partial charge >= 0.3 is 6.03 Å². The predicted molar refractivity (Wildman–Crippen MR) is 71.8 cm³/mol. The van der Waals surface area contributed by atoms with E-state index in [0.717, 1.165) is 5.46 Å². The van der Waals surface area contributed by atoms with Crippen molar-refractivity contribution in [3.63, 3.8) is 0 Å². The Morgan fingerprint density at radius 2 is 1.79 bits per heavy atom. The van der Waals surface area contributed by atoms with Crippen molar-refractivity contribution in [2.45, 2.75) is 17.4 Å². The molecule has 1 aromatic carbocycles. The van der Waals surface area contributed by atoms with Crippen molar-refractivity contribution < 1.29 is 18.0 Å². The number of urea groups is 1. The van der Waals surface area contributed by atoms with Gasteiger partial charge in [0.15, 0.2) is 9.84 Å². The fourth-order valence-electron chi connectivity index (χ4n) is 1.89. The zero-order valence-electron chi connectivity index (χ0n) is 10.6.